The van der Waals surface area contributed by atoms with Crippen molar-refractivity contribution in [3.63, 3.8) is 0 Å². The quantitative estimate of drug-likeness (QED) is 0.239. The molecule has 3 aromatic carbocycles. The lowest BCUT2D eigenvalue weighted by Gasteiger charge is -2.39. The number of fused-ring (bicyclic) bond motifs is 2. The van der Waals surface area contributed by atoms with Crippen molar-refractivity contribution in [1.82, 2.24) is 15.0 Å². The Labute approximate surface area is 200 Å². The van der Waals surface area contributed by atoms with Crippen LogP contribution in [0, 0.1) is 5.41 Å². The lowest BCUT2D eigenvalue weighted by Crippen LogP contribution is -2.33. The van der Waals surface area contributed by atoms with E-state index in [1.54, 1.807) is 31.6 Å². The van der Waals surface area contributed by atoms with Crippen molar-refractivity contribution in [3.05, 3.63) is 60.2 Å². The molecule has 0 amide bonds. The van der Waals surface area contributed by atoms with Gasteiger partial charge in [0.25, 0.3) is 0 Å². The first-order valence-corrected chi connectivity index (χ1v) is 11.6. The molecule has 0 atom stereocenters. The molecule has 6 nitrogen and oxygen atoms in total. The SMILES string of the molecule is CC(C)(C)OC(=O)Oc1ccc2ccccc2c1-n1nc2ccc(C(C)(C)C(C)(C)C)cc2n1. The molecule has 0 aliphatic rings. The average Bonchev–Trinajstić information content (AvgIpc) is 3.14. The second-order valence-corrected chi connectivity index (χ2v) is 11.3. The van der Waals surface area contributed by atoms with E-state index in [2.05, 4.69) is 46.8 Å². The highest BCUT2D eigenvalue weighted by molar-refractivity contribution is 5.93. The molecule has 4 aromatic rings. The van der Waals surface area contributed by atoms with Crippen LogP contribution in [0.1, 0.15) is 61.0 Å². The Kier molecular flexibility index (Phi) is 5.67. The van der Waals surface area contributed by atoms with Gasteiger partial charge >= 0.3 is 6.16 Å². The molecule has 178 valence electrons. The van der Waals surface area contributed by atoms with Gasteiger partial charge in [0, 0.05) is 5.39 Å². The molecule has 0 radical (unpaired) electrons. The molecule has 6 heteroatoms. The van der Waals surface area contributed by atoms with Gasteiger partial charge in [-0.25, -0.2) is 4.79 Å². The van der Waals surface area contributed by atoms with E-state index in [0.29, 0.717) is 11.4 Å². The van der Waals surface area contributed by atoms with Crippen molar-refractivity contribution in [2.24, 2.45) is 5.41 Å². The van der Waals surface area contributed by atoms with Crippen LogP contribution < -0.4 is 4.74 Å². The monoisotopic (exact) mass is 459 g/mol. The van der Waals surface area contributed by atoms with Crippen LogP contribution in [0.4, 0.5) is 4.79 Å². The summed E-state index contributed by atoms with van der Waals surface area (Å²) in [5, 5.41) is 11.4. The molecule has 1 aromatic heterocycles. The molecule has 0 fully saturated rings. The predicted octanol–water partition coefficient (Wildman–Crippen LogP) is 7.21. The minimum atomic E-state index is -0.769. The Bertz CT molecular complexity index is 1370. The summed E-state index contributed by atoms with van der Waals surface area (Å²) in [6.45, 7) is 16.6. The molecule has 4 rings (SSSR count). The Hall–Kier alpha value is -3.41. The van der Waals surface area contributed by atoms with Crippen molar-refractivity contribution >= 4 is 28.0 Å². The highest BCUT2D eigenvalue weighted by Crippen LogP contribution is 2.41. The summed E-state index contributed by atoms with van der Waals surface area (Å²) in [6, 6.07) is 17.8. The largest absolute Gasteiger partial charge is 0.514 e. The Balaban J connectivity index is 1.85. The minimum Gasteiger partial charge on any atom is -0.428 e. The number of hydrogen-bond acceptors (Lipinski definition) is 5. The molecule has 1 heterocycles. The van der Waals surface area contributed by atoms with Crippen molar-refractivity contribution < 1.29 is 14.3 Å². The van der Waals surface area contributed by atoms with Crippen LogP contribution in [0.15, 0.2) is 54.6 Å². The van der Waals surface area contributed by atoms with Crippen molar-refractivity contribution in [2.75, 3.05) is 0 Å². The highest BCUT2D eigenvalue weighted by atomic mass is 16.7. The first-order valence-electron chi connectivity index (χ1n) is 11.6. The molecule has 0 N–H and O–H groups in total. The Morgan fingerprint density at radius 3 is 2.18 bits per heavy atom. The second-order valence-electron chi connectivity index (χ2n) is 11.3. The van der Waals surface area contributed by atoms with E-state index in [4.69, 9.17) is 19.7 Å². The molecular formula is C28H33N3O3. The van der Waals surface area contributed by atoms with Crippen LogP contribution in [0.3, 0.4) is 0 Å². The van der Waals surface area contributed by atoms with Gasteiger partial charge in [-0.2, -0.15) is 0 Å². The third-order valence-electron chi connectivity index (χ3n) is 6.62. The number of aromatic nitrogens is 3. The summed E-state index contributed by atoms with van der Waals surface area (Å²) in [6.07, 6.45) is -0.769. The molecular weight excluding hydrogens is 426 g/mol. The van der Waals surface area contributed by atoms with Crippen molar-refractivity contribution in [3.8, 4) is 11.4 Å². The molecule has 0 spiro atoms. The fraction of sp³-hybridized carbons (Fsp3) is 0.393. The second kappa shape index (κ2) is 8.12. The van der Waals surface area contributed by atoms with E-state index >= 15 is 0 Å². The molecule has 34 heavy (non-hydrogen) atoms. The first-order chi connectivity index (χ1) is 15.8. The normalized spacial score (nSPS) is 12.8. The fourth-order valence-corrected chi connectivity index (χ4v) is 3.72. The third-order valence-corrected chi connectivity index (χ3v) is 6.62. The zero-order chi connectivity index (χ0) is 24.9. The van der Waals surface area contributed by atoms with Gasteiger partial charge in [0.05, 0.1) is 0 Å². The molecule has 0 unspecified atom stereocenters. The molecule has 0 aliphatic heterocycles. The summed E-state index contributed by atoms with van der Waals surface area (Å²) in [4.78, 5) is 14.0. The average molecular weight is 460 g/mol. The number of ether oxygens (including phenoxy) is 2. The Morgan fingerprint density at radius 1 is 0.824 bits per heavy atom. The van der Waals surface area contributed by atoms with Gasteiger partial charge in [0.1, 0.15) is 22.3 Å². The lowest BCUT2D eigenvalue weighted by molar-refractivity contribution is 0.0206. The number of rotatable bonds is 3. The summed E-state index contributed by atoms with van der Waals surface area (Å²) < 4.78 is 11.0. The highest BCUT2D eigenvalue weighted by Gasteiger charge is 2.34. The standard InChI is InChI=1S/C28H33N3O3/c1-26(2,3)28(7,8)19-14-15-21-22(17-19)30-31(29-21)24-20-12-10-9-11-18(20)13-16-23(24)33-25(32)34-27(4,5)6/h9-17H,1-8H3. The summed E-state index contributed by atoms with van der Waals surface area (Å²) in [5.41, 5.74) is 2.69. The van der Waals surface area contributed by atoms with Crippen molar-refractivity contribution in [1.29, 1.82) is 0 Å². The zero-order valence-corrected chi connectivity index (χ0v) is 21.3. The molecule has 0 bridgehead atoms. The van der Waals surface area contributed by atoms with Gasteiger partial charge in [-0.05, 0) is 60.7 Å². The summed E-state index contributed by atoms with van der Waals surface area (Å²) in [5.74, 6) is 0.337. The topological polar surface area (TPSA) is 66.2 Å². The van der Waals surface area contributed by atoms with Crippen LogP contribution in [-0.2, 0) is 10.2 Å². The number of carbonyl (C=O) groups excluding carboxylic acids is 1. The number of benzene rings is 3. The van der Waals surface area contributed by atoms with Crippen LogP contribution in [0.25, 0.3) is 27.5 Å². The van der Waals surface area contributed by atoms with Gasteiger partial charge in [-0.3, -0.25) is 0 Å². The molecule has 0 saturated heterocycles. The van der Waals surface area contributed by atoms with Crippen molar-refractivity contribution in [2.45, 2.75) is 66.4 Å². The lowest BCUT2D eigenvalue weighted by atomic mass is 9.65. The van der Waals surface area contributed by atoms with Crippen LogP contribution in [0.5, 0.6) is 5.75 Å². The van der Waals surface area contributed by atoms with Gasteiger partial charge in [-0.15, -0.1) is 15.0 Å². The minimum absolute atomic E-state index is 0.0601. The van der Waals surface area contributed by atoms with Crippen LogP contribution >= 0.6 is 0 Å². The van der Waals surface area contributed by atoms with E-state index in [9.17, 15) is 4.79 Å². The van der Waals surface area contributed by atoms with E-state index in [1.165, 1.54) is 5.56 Å². The van der Waals surface area contributed by atoms with Gasteiger partial charge in [-0.1, -0.05) is 71.0 Å². The van der Waals surface area contributed by atoms with Gasteiger partial charge < -0.3 is 9.47 Å². The summed E-state index contributed by atoms with van der Waals surface area (Å²) in [7, 11) is 0. The van der Waals surface area contributed by atoms with Gasteiger partial charge in [0.2, 0.25) is 0 Å². The number of carbonyl (C=O) groups is 1. The van der Waals surface area contributed by atoms with E-state index in [1.807, 2.05) is 36.4 Å². The number of nitrogens with zero attached hydrogens (tertiary/aromatic N) is 3. The number of hydrogen-bond donors (Lipinski definition) is 0. The zero-order valence-electron chi connectivity index (χ0n) is 21.3. The van der Waals surface area contributed by atoms with Crippen LogP contribution in [-0.4, -0.2) is 26.8 Å². The summed E-state index contributed by atoms with van der Waals surface area (Å²) >= 11 is 0. The predicted molar refractivity (Wildman–Crippen MR) is 136 cm³/mol. The smallest absolute Gasteiger partial charge is 0.428 e. The molecule has 0 aliphatic carbocycles. The van der Waals surface area contributed by atoms with E-state index in [-0.39, 0.29) is 10.8 Å². The Morgan fingerprint density at radius 2 is 1.50 bits per heavy atom. The van der Waals surface area contributed by atoms with E-state index in [0.717, 1.165) is 21.8 Å². The molecule has 0 saturated carbocycles. The van der Waals surface area contributed by atoms with Gasteiger partial charge in [0.15, 0.2) is 5.75 Å². The van der Waals surface area contributed by atoms with E-state index < -0.39 is 11.8 Å². The first kappa shape index (κ1) is 23.7. The third kappa shape index (κ3) is 4.49. The fourth-order valence-electron chi connectivity index (χ4n) is 3.72. The maximum absolute atomic E-state index is 12.5. The van der Waals surface area contributed by atoms with Crippen LogP contribution in [0.2, 0.25) is 0 Å². The maximum atomic E-state index is 12.5. The maximum Gasteiger partial charge on any atom is 0.514 e.